The van der Waals surface area contributed by atoms with Gasteiger partial charge in [-0.2, -0.15) is 0 Å². The van der Waals surface area contributed by atoms with Crippen LogP contribution in [0.5, 0.6) is 0 Å². The summed E-state index contributed by atoms with van der Waals surface area (Å²) in [6, 6.07) is 10.1. The summed E-state index contributed by atoms with van der Waals surface area (Å²) in [6.07, 6.45) is 3.46. The van der Waals surface area contributed by atoms with Crippen LogP contribution in [0.2, 0.25) is 0 Å². The molecule has 0 heterocycles. The SMILES string of the molecule is [C-]#[N+]C1(CO)CCC(OCc2ccccc2)CC1. The molecule has 96 valence electrons. The van der Waals surface area contributed by atoms with Gasteiger partial charge in [0.05, 0.1) is 12.7 Å². The molecule has 0 aromatic heterocycles. The zero-order chi connectivity index (χ0) is 12.8. The number of hydrogen-bond donors (Lipinski definition) is 1. The van der Waals surface area contributed by atoms with Gasteiger partial charge in [-0.15, -0.1) is 0 Å². The highest BCUT2D eigenvalue weighted by Crippen LogP contribution is 2.33. The van der Waals surface area contributed by atoms with Gasteiger partial charge in [-0.3, -0.25) is 0 Å². The molecule has 2 rings (SSSR count). The number of benzene rings is 1. The first-order valence-electron chi connectivity index (χ1n) is 6.43. The van der Waals surface area contributed by atoms with E-state index in [1.54, 1.807) is 0 Å². The maximum Gasteiger partial charge on any atom is 0.255 e. The summed E-state index contributed by atoms with van der Waals surface area (Å²) in [4.78, 5) is 3.59. The predicted molar refractivity (Wildman–Crippen MR) is 69.9 cm³/mol. The molecule has 1 aromatic rings. The molecule has 1 fully saturated rings. The van der Waals surface area contributed by atoms with Gasteiger partial charge in [0.15, 0.2) is 0 Å². The quantitative estimate of drug-likeness (QED) is 0.828. The highest BCUT2D eigenvalue weighted by Gasteiger charge is 2.40. The fourth-order valence-corrected chi connectivity index (χ4v) is 2.39. The Hall–Kier alpha value is -1.37. The summed E-state index contributed by atoms with van der Waals surface area (Å²) in [5.74, 6) is 0. The average molecular weight is 245 g/mol. The predicted octanol–water partition coefficient (Wildman–Crippen LogP) is 2.80. The van der Waals surface area contributed by atoms with E-state index in [2.05, 4.69) is 17.0 Å². The van der Waals surface area contributed by atoms with Crippen molar-refractivity contribution in [1.82, 2.24) is 0 Å². The van der Waals surface area contributed by atoms with E-state index in [0.717, 1.165) is 25.7 Å². The molecule has 0 aliphatic heterocycles. The van der Waals surface area contributed by atoms with Crippen LogP contribution in [0.15, 0.2) is 30.3 Å². The zero-order valence-corrected chi connectivity index (χ0v) is 10.5. The maximum absolute atomic E-state index is 9.28. The molecule has 3 heteroatoms. The van der Waals surface area contributed by atoms with Crippen molar-refractivity contribution in [1.29, 1.82) is 0 Å². The molecule has 1 N–H and O–H groups in total. The lowest BCUT2D eigenvalue weighted by molar-refractivity contribution is 0.000847. The molecule has 1 aliphatic carbocycles. The lowest BCUT2D eigenvalue weighted by Crippen LogP contribution is -2.37. The van der Waals surface area contributed by atoms with Gasteiger partial charge < -0.3 is 14.7 Å². The first-order chi connectivity index (χ1) is 8.78. The topological polar surface area (TPSA) is 33.8 Å². The molecule has 1 aromatic carbocycles. The molecule has 3 nitrogen and oxygen atoms in total. The molecule has 1 aliphatic rings. The number of ether oxygens (including phenoxy) is 1. The third-order valence-corrected chi connectivity index (χ3v) is 3.72. The van der Waals surface area contributed by atoms with Crippen molar-refractivity contribution in [2.45, 2.75) is 43.9 Å². The molecule has 0 bridgehead atoms. The molecule has 0 radical (unpaired) electrons. The van der Waals surface area contributed by atoms with Crippen LogP contribution in [-0.4, -0.2) is 23.4 Å². The van der Waals surface area contributed by atoms with Crippen LogP contribution in [0.3, 0.4) is 0 Å². The fourth-order valence-electron chi connectivity index (χ4n) is 2.39. The van der Waals surface area contributed by atoms with Crippen molar-refractivity contribution in [2.24, 2.45) is 0 Å². The van der Waals surface area contributed by atoms with Gasteiger partial charge in [0.25, 0.3) is 5.54 Å². The van der Waals surface area contributed by atoms with E-state index < -0.39 is 5.54 Å². The monoisotopic (exact) mass is 245 g/mol. The van der Waals surface area contributed by atoms with Gasteiger partial charge in [0.1, 0.15) is 6.61 Å². The first kappa shape index (κ1) is 13.1. The van der Waals surface area contributed by atoms with E-state index in [1.807, 2.05) is 18.2 Å². The van der Waals surface area contributed by atoms with E-state index in [-0.39, 0.29) is 12.7 Å². The van der Waals surface area contributed by atoms with Crippen molar-refractivity contribution >= 4 is 0 Å². The minimum absolute atomic E-state index is 0.0259. The van der Waals surface area contributed by atoms with Gasteiger partial charge in [0, 0.05) is 12.8 Å². The number of hydrogen-bond acceptors (Lipinski definition) is 2. The van der Waals surface area contributed by atoms with Gasteiger partial charge >= 0.3 is 0 Å². The minimum Gasteiger partial charge on any atom is -0.388 e. The summed E-state index contributed by atoms with van der Waals surface area (Å²) in [5.41, 5.74) is 0.647. The van der Waals surface area contributed by atoms with Gasteiger partial charge in [-0.25, -0.2) is 6.57 Å². The standard InChI is InChI=1S/C15H19NO2/c1-16-15(12-17)9-7-14(8-10-15)18-11-13-5-3-2-4-6-13/h2-6,14,17H,7-12H2. The van der Waals surface area contributed by atoms with E-state index >= 15 is 0 Å². The molecule has 1 saturated carbocycles. The summed E-state index contributed by atoms with van der Waals surface area (Å²) in [5, 5.41) is 9.28. The normalized spacial score (nSPS) is 27.7. The summed E-state index contributed by atoms with van der Waals surface area (Å²) in [6.45, 7) is 7.78. The Balaban J connectivity index is 1.79. The van der Waals surface area contributed by atoms with Crippen molar-refractivity contribution in [2.75, 3.05) is 6.61 Å². The Morgan fingerprint density at radius 2 is 1.94 bits per heavy atom. The van der Waals surface area contributed by atoms with E-state index in [9.17, 15) is 5.11 Å². The zero-order valence-electron chi connectivity index (χ0n) is 10.5. The third kappa shape index (κ3) is 3.10. The Morgan fingerprint density at radius 1 is 1.28 bits per heavy atom. The summed E-state index contributed by atoms with van der Waals surface area (Å²) in [7, 11) is 0. The van der Waals surface area contributed by atoms with Crippen LogP contribution < -0.4 is 0 Å². The van der Waals surface area contributed by atoms with Crippen molar-refractivity contribution in [3.8, 4) is 0 Å². The summed E-state index contributed by atoms with van der Waals surface area (Å²) >= 11 is 0. The third-order valence-electron chi connectivity index (χ3n) is 3.72. The van der Waals surface area contributed by atoms with Crippen molar-refractivity contribution < 1.29 is 9.84 Å². The van der Waals surface area contributed by atoms with Gasteiger partial charge in [-0.1, -0.05) is 30.3 Å². The van der Waals surface area contributed by atoms with Crippen LogP contribution in [-0.2, 0) is 11.3 Å². The number of aliphatic hydroxyl groups excluding tert-OH is 1. The van der Waals surface area contributed by atoms with Crippen LogP contribution in [0.4, 0.5) is 0 Å². The molecule has 0 unspecified atom stereocenters. The number of rotatable bonds is 4. The highest BCUT2D eigenvalue weighted by molar-refractivity contribution is 5.13. The van der Waals surface area contributed by atoms with E-state index in [4.69, 9.17) is 11.3 Å². The van der Waals surface area contributed by atoms with Crippen LogP contribution in [0, 0.1) is 6.57 Å². The molecule has 0 spiro atoms. The van der Waals surface area contributed by atoms with Crippen LogP contribution in [0.25, 0.3) is 4.85 Å². The van der Waals surface area contributed by atoms with Crippen molar-refractivity contribution in [3.05, 3.63) is 47.3 Å². The van der Waals surface area contributed by atoms with Crippen LogP contribution in [0.1, 0.15) is 31.2 Å². The van der Waals surface area contributed by atoms with Crippen LogP contribution >= 0.6 is 0 Å². The van der Waals surface area contributed by atoms with E-state index in [0.29, 0.717) is 6.61 Å². The average Bonchev–Trinajstić information content (AvgIpc) is 2.47. The Kier molecular flexibility index (Phi) is 4.35. The maximum atomic E-state index is 9.28. The molecule has 18 heavy (non-hydrogen) atoms. The second-order valence-corrected chi connectivity index (χ2v) is 4.99. The van der Waals surface area contributed by atoms with Gasteiger partial charge in [-0.05, 0) is 18.4 Å². The lowest BCUT2D eigenvalue weighted by atomic mass is 9.81. The minimum atomic E-state index is -0.535. The molecule has 0 atom stereocenters. The highest BCUT2D eigenvalue weighted by atomic mass is 16.5. The fraction of sp³-hybridized carbons (Fsp3) is 0.533. The molecule has 0 saturated heterocycles. The second-order valence-electron chi connectivity index (χ2n) is 4.99. The second kappa shape index (κ2) is 5.99. The van der Waals surface area contributed by atoms with Gasteiger partial charge in [0.2, 0.25) is 0 Å². The van der Waals surface area contributed by atoms with Crippen molar-refractivity contribution in [3.63, 3.8) is 0 Å². The Morgan fingerprint density at radius 3 is 2.50 bits per heavy atom. The largest absolute Gasteiger partial charge is 0.388 e. The number of aliphatic hydroxyl groups is 1. The first-order valence-corrected chi connectivity index (χ1v) is 6.43. The Labute approximate surface area is 108 Å². The van der Waals surface area contributed by atoms with E-state index in [1.165, 1.54) is 5.56 Å². The molecular formula is C15H19NO2. The molecule has 0 amide bonds. The number of nitrogens with zero attached hydrogens (tertiary/aromatic N) is 1. The summed E-state index contributed by atoms with van der Waals surface area (Å²) < 4.78 is 5.87. The smallest absolute Gasteiger partial charge is 0.255 e. The Bertz CT molecular complexity index is 402. The lowest BCUT2D eigenvalue weighted by Gasteiger charge is -2.29. The molecular weight excluding hydrogens is 226 g/mol.